The molecule has 2 N–H and O–H groups in total. The average molecular weight is 429 g/mol. The Kier molecular flexibility index (Phi) is 6.46. The van der Waals surface area contributed by atoms with Crippen LogP contribution >= 0.6 is 11.8 Å². The molecule has 0 unspecified atom stereocenters. The van der Waals surface area contributed by atoms with Crippen LogP contribution in [0.25, 0.3) is 0 Å². The summed E-state index contributed by atoms with van der Waals surface area (Å²) in [6.07, 6.45) is 1.92. The van der Waals surface area contributed by atoms with Crippen molar-refractivity contribution in [2.75, 3.05) is 23.4 Å². The third kappa shape index (κ3) is 4.90. The average Bonchev–Trinajstić information content (AvgIpc) is 2.74. The maximum absolute atomic E-state index is 12.8. The highest BCUT2D eigenvalue weighted by Crippen LogP contribution is 2.27. The molecule has 0 spiro atoms. The maximum atomic E-state index is 12.8. The van der Waals surface area contributed by atoms with E-state index >= 15 is 0 Å². The van der Waals surface area contributed by atoms with Gasteiger partial charge in [0.05, 0.1) is 23.4 Å². The van der Waals surface area contributed by atoms with Crippen LogP contribution in [0.5, 0.6) is 5.75 Å². The van der Waals surface area contributed by atoms with Crippen LogP contribution in [0.2, 0.25) is 0 Å². The lowest BCUT2D eigenvalue weighted by atomic mass is 10.2. The summed E-state index contributed by atoms with van der Waals surface area (Å²) in [4.78, 5) is 13.6. The van der Waals surface area contributed by atoms with Crippen LogP contribution in [0.3, 0.4) is 0 Å². The monoisotopic (exact) mass is 428 g/mol. The number of sulfonamides is 1. The van der Waals surface area contributed by atoms with Gasteiger partial charge < -0.3 is 10.1 Å². The van der Waals surface area contributed by atoms with Gasteiger partial charge in [-0.3, -0.25) is 9.52 Å². The lowest BCUT2D eigenvalue weighted by Crippen LogP contribution is -2.16. The van der Waals surface area contributed by atoms with E-state index in [9.17, 15) is 13.2 Å². The summed E-state index contributed by atoms with van der Waals surface area (Å²) >= 11 is 1.51. The zero-order chi connectivity index (χ0) is 20.9. The molecule has 0 bridgehead atoms. The van der Waals surface area contributed by atoms with Crippen molar-refractivity contribution in [2.45, 2.75) is 9.79 Å². The number of nitrogens with one attached hydrogen (secondary N) is 2. The predicted octanol–water partition coefficient (Wildman–Crippen LogP) is 4.47. The molecule has 0 aliphatic carbocycles. The molecule has 0 aromatic heterocycles. The molecule has 0 aliphatic rings. The van der Waals surface area contributed by atoms with Crippen molar-refractivity contribution < 1.29 is 17.9 Å². The van der Waals surface area contributed by atoms with Crippen molar-refractivity contribution in [2.24, 2.45) is 0 Å². The van der Waals surface area contributed by atoms with E-state index in [0.717, 1.165) is 4.90 Å². The van der Waals surface area contributed by atoms with E-state index in [1.807, 2.05) is 24.5 Å². The van der Waals surface area contributed by atoms with Crippen LogP contribution < -0.4 is 14.8 Å². The lowest BCUT2D eigenvalue weighted by Gasteiger charge is -2.13. The number of ether oxygens (including phenoxy) is 1. The Labute approximate surface area is 174 Å². The second-order valence-corrected chi connectivity index (χ2v) is 8.52. The molecule has 3 aromatic carbocycles. The Bertz CT molecular complexity index is 1130. The van der Waals surface area contributed by atoms with E-state index in [-0.39, 0.29) is 16.4 Å². The fourth-order valence-corrected chi connectivity index (χ4v) is 4.35. The number of methoxy groups -OCH3 is 1. The quantitative estimate of drug-likeness (QED) is 0.543. The van der Waals surface area contributed by atoms with E-state index in [0.29, 0.717) is 17.1 Å². The highest BCUT2D eigenvalue weighted by molar-refractivity contribution is 7.98. The molecule has 1 amide bonds. The topological polar surface area (TPSA) is 84.5 Å². The summed E-state index contributed by atoms with van der Waals surface area (Å²) in [5.74, 6) is 0.0134. The van der Waals surface area contributed by atoms with E-state index in [4.69, 9.17) is 4.74 Å². The molecule has 8 heteroatoms. The summed E-state index contributed by atoms with van der Waals surface area (Å²) in [6.45, 7) is 0. The maximum Gasteiger partial charge on any atom is 0.262 e. The third-order valence-corrected chi connectivity index (χ3v) is 6.27. The van der Waals surface area contributed by atoms with Crippen LogP contribution in [0.4, 0.5) is 11.4 Å². The van der Waals surface area contributed by atoms with Gasteiger partial charge in [-0.2, -0.15) is 0 Å². The molecule has 3 rings (SSSR count). The van der Waals surface area contributed by atoms with Crippen molar-refractivity contribution in [1.82, 2.24) is 0 Å². The molecule has 0 fully saturated rings. The molecule has 0 saturated carbocycles. The fourth-order valence-electron chi connectivity index (χ4n) is 2.68. The normalized spacial score (nSPS) is 11.0. The molecule has 6 nitrogen and oxygen atoms in total. The van der Waals surface area contributed by atoms with Crippen molar-refractivity contribution in [3.63, 3.8) is 0 Å². The highest BCUT2D eigenvalue weighted by Gasteiger charge is 2.18. The second-order valence-electron chi connectivity index (χ2n) is 5.99. The van der Waals surface area contributed by atoms with Crippen LogP contribution in [0.1, 0.15) is 10.4 Å². The number of amides is 1. The number of rotatable bonds is 7. The number of hydrogen-bond acceptors (Lipinski definition) is 5. The Morgan fingerprint density at radius 2 is 1.62 bits per heavy atom. The summed E-state index contributed by atoms with van der Waals surface area (Å²) in [7, 11) is -2.44. The molecule has 3 aromatic rings. The largest absolute Gasteiger partial charge is 0.495 e. The minimum atomic E-state index is -3.90. The zero-order valence-electron chi connectivity index (χ0n) is 15.9. The van der Waals surface area contributed by atoms with E-state index in [1.165, 1.54) is 37.1 Å². The standard InChI is InChI=1S/C21H20N2O4S2/c1-27-19-12-5-3-10-17(19)23-29(25,26)16-9-7-8-15(14-16)21(24)22-18-11-4-6-13-20(18)28-2/h3-14,23H,1-2H3,(H,22,24). The summed E-state index contributed by atoms with van der Waals surface area (Å²) < 4.78 is 33.3. The lowest BCUT2D eigenvalue weighted by molar-refractivity contribution is 0.102. The number of thioether (sulfide) groups is 1. The molecule has 29 heavy (non-hydrogen) atoms. The van der Waals surface area contributed by atoms with E-state index in [2.05, 4.69) is 10.0 Å². The van der Waals surface area contributed by atoms with Crippen molar-refractivity contribution in [3.05, 3.63) is 78.4 Å². The first-order valence-corrected chi connectivity index (χ1v) is 11.4. The number of benzene rings is 3. The number of anilines is 2. The van der Waals surface area contributed by atoms with Crippen LogP contribution in [0, 0.1) is 0 Å². The fraction of sp³-hybridized carbons (Fsp3) is 0.0952. The van der Waals surface area contributed by atoms with Gasteiger partial charge in [0.25, 0.3) is 15.9 Å². The number of hydrogen-bond donors (Lipinski definition) is 2. The molecule has 0 saturated heterocycles. The Morgan fingerprint density at radius 3 is 2.34 bits per heavy atom. The zero-order valence-corrected chi connectivity index (χ0v) is 17.5. The Hall–Kier alpha value is -2.97. The van der Waals surface area contributed by atoms with Gasteiger partial charge in [-0.15, -0.1) is 11.8 Å². The molecule has 0 radical (unpaired) electrons. The summed E-state index contributed by atoms with van der Waals surface area (Å²) in [5.41, 5.74) is 1.23. The van der Waals surface area contributed by atoms with Crippen LogP contribution in [0.15, 0.2) is 82.6 Å². The van der Waals surface area contributed by atoms with Gasteiger partial charge in [0, 0.05) is 10.5 Å². The number of carbonyl (C=O) groups is 1. The first-order chi connectivity index (χ1) is 13.9. The first kappa shape index (κ1) is 20.8. The van der Waals surface area contributed by atoms with Gasteiger partial charge >= 0.3 is 0 Å². The molecule has 0 atom stereocenters. The third-order valence-electron chi connectivity index (χ3n) is 4.11. The van der Waals surface area contributed by atoms with Crippen molar-refractivity contribution in [1.29, 1.82) is 0 Å². The Morgan fingerprint density at radius 1 is 0.931 bits per heavy atom. The van der Waals surface area contributed by atoms with Crippen molar-refractivity contribution >= 4 is 39.1 Å². The van der Waals surface area contributed by atoms with Gasteiger partial charge in [-0.1, -0.05) is 30.3 Å². The molecule has 0 aliphatic heterocycles. The number of carbonyl (C=O) groups excluding carboxylic acids is 1. The van der Waals surface area contributed by atoms with E-state index in [1.54, 1.807) is 36.4 Å². The Balaban J connectivity index is 1.85. The first-order valence-electron chi connectivity index (χ1n) is 8.65. The summed E-state index contributed by atoms with van der Waals surface area (Å²) in [6, 6.07) is 20.0. The van der Waals surface area contributed by atoms with Crippen molar-refractivity contribution in [3.8, 4) is 5.75 Å². The minimum absolute atomic E-state index is 0.0193. The summed E-state index contributed by atoms with van der Waals surface area (Å²) in [5, 5.41) is 2.83. The van der Waals surface area contributed by atoms with Gasteiger partial charge in [0.1, 0.15) is 5.75 Å². The van der Waals surface area contributed by atoms with E-state index < -0.39 is 10.0 Å². The molecular weight excluding hydrogens is 408 g/mol. The van der Waals surface area contributed by atoms with Gasteiger partial charge in [0.15, 0.2) is 0 Å². The van der Waals surface area contributed by atoms with Gasteiger partial charge in [-0.25, -0.2) is 8.42 Å². The van der Waals surface area contributed by atoms with Crippen LogP contribution in [-0.4, -0.2) is 27.7 Å². The predicted molar refractivity (Wildman–Crippen MR) is 116 cm³/mol. The molecule has 150 valence electrons. The highest BCUT2D eigenvalue weighted by atomic mass is 32.2. The number of para-hydroxylation sites is 3. The van der Waals surface area contributed by atoms with Gasteiger partial charge in [0.2, 0.25) is 0 Å². The second kappa shape index (κ2) is 9.02. The smallest absolute Gasteiger partial charge is 0.262 e. The SMILES string of the molecule is COc1ccccc1NS(=O)(=O)c1cccc(C(=O)Nc2ccccc2SC)c1. The molecular formula is C21H20N2O4S2. The minimum Gasteiger partial charge on any atom is -0.495 e. The van der Waals surface area contributed by atoms with Crippen LogP contribution in [-0.2, 0) is 10.0 Å². The van der Waals surface area contributed by atoms with Gasteiger partial charge in [-0.05, 0) is 48.7 Å². The molecule has 0 heterocycles.